The first-order chi connectivity index (χ1) is 23.8. The Bertz CT molecular complexity index is 2020. The van der Waals surface area contributed by atoms with E-state index in [0.29, 0.717) is 26.6 Å². The quantitative estimate of drug-likeness (QED) is 0.226. The molecule has 2 atom stereocenters. The van der Waals surface area contributed by atoms with Gasteiger partial charge in [-0.15, -0.1) is 0 Å². The van der Waals surface area contributed by atoms with Gasteiger partial charge in [-0.2, -0.15) is 4.41 Å². The lowest BCUT2D eigenvalue weighted by Crippen LogP contribution is -2.51. The lowest BCUT2D eigenvalue weighted by Gasteiger charge is -2.36. The van der Waals surface area contributed by atoms with Gasteiger partial charge in [-0.25, -0.2) is 46.7 Å². The highest BCUT2D eigenvalue weighted by Gasteiger charge is 2.35. The van der Waals surface area contributed by atoms with Crippen LogP contribution in [0.2, 0.25) is 0 Å². The molecule has 50 heavy (non-hydrogen) atoms. The van der Waals surface area contributed by atoms with Gasteiger partial charge in [-0.1, -0.05) is 12.1 Å². The molecule has 1 N–H and O–H groups in total. The average Bonchev–Trinajstić information content (AvgIpc) is 3.47. The number of pyridine rings is 1. The normalized spacial score (nSPS) is 17.9. The predicted octanol–water partition coefficient (Wildman–Crippen LogP) is 5.39. The molecule has 14 nitrogen and oxygen atoms in total. The summed E-state index contributed by atoms with van der Waals surface area (Å²) in [7, 11) is -3.49. The number of fused-ring (bicyclic) bond motifs is 1. The number of carbonyl (C=O) groups excluding carboxylic acids is 2. The minimum atomic E-state index is -3.49. The van der Waals surface area contributed by atoms with Crippen LogP contribution in [0, 0.1) is 12.7 Å². The summed E-state index contributed by atoms with van der Waals surface area (Å²) in [5, 5.41) is 4.46. The van der Waals surface area contributed by atoms with E-state index < -0.39 is 46.7 Å². The second-order valence-electron chi connectivity index (χ2n) is 12.8. The maximum Gasteiger partial charge on any atom is 0.429 e. The number of amides is 2. The van der Waals surface area contributed by atoms with Gasteiger partial charge < -0.3 is 24.4 Å². The second kappa shape index (κ2) is 13.9. The number of hydrogen-bond acceptors (Lipinski definition) is 11. The zero-order chi connectivity index (χ0) is 35.7. The van der Waals surface area contributed by atoms with Crippen LogP contribution in [0.25, 0.3) is 22.0 Å². The minimum absolute atomic E-state index is 0.0529. The van der Waals surface area contributed by atoms with Gasteiger partial charge in [0.25, 0.3) is 0 Å². The zero-order valence-electron chi connectivity index (χ0n) is 27.6. The van der Waals surface area contributed by atoms with Gasteiger partial charge in [0.15, 0.2) is 0 Å². The van der Waals surface area contributed by atoms with Crippen molar-refractivity contribution < 1.29 is 41.0 Å². The first-order valence-electron chi connectivity index (χ1n) is 15.7. The predicted molar refractivity (Wildman–Crippen MR) is 180 cm³/mol. The van der Waals surface area contributed by atoms with Crippen molar-refractivity contribution in [3.63, 3.8) is 0 Å². The van der Waals surface area contributed by atoms with E-state index >= 15 is 4.39 Å². The number of piperidine rings is 1. The Morgan fingerprint density at radius 2 is 1.86 bits per heavy atom. The number of aryl methyl sites for hydroxylation is 1. The summed E-state index contributed by atoms with van der Waals surface area (Å²) in [4.78, 5) is 39.6. The zero-order valence-corrected chi connectivity index (χ0v) is 28.5. The first kappa shape index (κ1) is 34.5. The number of rotatable bonds is 8. The molecule has 2 unspecified atom stereocenters. The summed E-state index contributed by atoms with van der Waals surface area (Å²) < 4.78 is 72.2. The summed E-state index contributed by atoms with van der Waals surface area (Å²) >= 11 is 0. The van der Waals surface area contributed by atoms with Gasteiger partial charge in [-0.3, -0.25) is 0 Å². The standard InChI is InChI=1S/C33H35F2N7O7S/c1-19-7-8-22-23(9-10-25(35)27(22)42(50(45)46)41-14-15-47-32(41)44)28(19)48-29-24(6-5-12-36-29)26-11-13-37-30(39-26)38-21-16-20(34)17-40(18-21)31(43)49-33(2,3)4/h5-13,20-21,50H,14-18H2,1-4H3,(H,37,38,39). The molecule has 0 bridgehead atoms. The number of halogens is 2. The fraction of sp³-hybridized carbons (Fsp3) is 0.364. The molecule has 2 saturated heterocycles. The summed E-state index contributed by atoms with van der Waals surface area (Å²) in [6.07, 6.45) is 0.359. The number of likely N-dealkylation sites (tertiary alicyclic amines) is 1. The van der Waals surface area contributed by atoms with Crippen LogP contribution in [0.15, 0.2) is 54.9 Å². The molecular weight excluding hydrogens is 676 g/mol. The van der Waals surface area contributed by atoms with Gasteiger partial charge in [0.2, 0.25) is 22.7 Å². The van der Waals surface area contributed by atoms with Crippen molar-refractivity contribution in [2.45, 2.75) is 51.9 Å². The highest BCUT2D eigenvalue weighted by molar-refractivity contribution is 7.74. The number of cyclic esters (lactones) is 1. The van der Waals surface area contributed by atoms with Gasteiger partial charge in [0.05, 0.1) is 24.3 Å². The van der Waals surface area contributed by atoms with E-state index in [4.69, 9.17) is 14.2 Å². The van der Waals surface area contributed by atoms with Gasteiger partial charge >= 0.3 is 12.2 Å². The molecule has 4 aromatic rings. The van der Waals surface area contributed by atoms with E-state index in [2.05, 4.69) is 20.3 Å². The Hall–Kier alpha value is -5.32. The number of benzene rings is 2. The van der Waals surface area contributed by atoms with Crippen LogP contribution in [-0.4, -0.2) is 89.5 Å². The van der Waals surface area contributed by atoms with E-state index in [0.717, 1.165) is 11.1 Å². The number of nitrogens with zero attached hydrogens (tertiary/aromatic N) is 6. The fourth-order valence-corrected chi connectivity index (χ4v) is 6.48. The van der Waals surface area contributed by atoms with Crippen LogP contribution < -0.4 is 14.5 Å². The number of nitrogens with one attached hydrogen (secondary N) is 1. The Labute approximate surface area is 288 Å². The molecule has 2 aliphatic heterocycles. The Balaban J connectivity index is 1.30. The van der Waals surface area contributed by atoms with Crippen LogP contribution in [0.1, 0.15) is 32.8 Å². The molecule has 2 aromatic heterocycles. The Morgan fingerprint density at radius 1 is 1.08 bits per heavy atom. The van der Waals surface area contributed by atoms with E-state index in [1.165, 1.54) is 23.4 Å². The van der Waals surface area contributed by atoms with E-state index in [1.807, 2.05) is 0 Å². The molecule has 0 aliphatic carbocycles. The number of hydrogen-bond donors (Lipinski definition) is 2. The highest BCUT2D eigenvalue weighted by Crippen LogP contribution is 2.41. The average molecular weight is 712 g/mol. The van der Waals surface area contributed by atoms with Crippen LogP contribution >= 0.6 is 0 Å². The molecule has 0 saturated carbocycles. The van der Waals surface area contributed by atoms with Gasteiger partial charge in [0, 0.05) is 42.2 Å². The molecule has 0 radical (unpaired) electrons. The van der Waals surface area contributed by atoms with Crippen molar-refractivity contribution in [2.75, 3.05) is 36.0 Å². The molecule has 4 heterocycles. The molecule has 2 aromatic carbocycles. The molecule has 0 spiro atoms. The highest BCUT2D eigenvalue weighted by atomic mass is 32.2. The summed E-state index contributed by atoms with van der Waals surface area (Å²) in [6, 6.07) is 10.3. The molecule has 264 valence electrons. The third kappa shape index (κ3) is 7.31. The van der Waals surface area contributed by atoms with Crippen molar-refractivity contribution >= 4 is 45.5 Å². The topological polar surface area (TPSA) is 156 Å². The Kier molecular flexibility index (Phi) is 9.60. The molecule has 2 aliphatic rings. The number of thiol groups is 1. The van der Waals surface area contributed by atoms with Crippen molar-refractivity contribution in [1.82, 2.24) is 24.9 Å². The van der Waals surface area contributed by atoms with Crippen LogP contribution in [0.3, 0.4) is 0 Å². The number of alkyl halides is 1. The van der Waals surface area contributed by atoms with Crippen molar-refractivity contribution in [3.8, 4) is 22.9 Å². The van der Waals surface area contributed by atoms with E-state index in [1.54, 1.807) is 58.0 Å². The molecule has 2 fully saturated rings. The van der Waals surface area contributed by atoms with Gasteiger partial charge in [-0.05, 0) is 63.6 Å². The number of anilines is 2. The molecule has 6 rings (SSSR count). The van der Waals surface area contributed by atoms with Crippen molar-refractivity contribution in [2.24, 2.45) is 0 Å². The monoisotopic (exact) mass is 711 g/mol. The van der Waals surface area contributed by atoms with E-state index in [-0.39, 0.29) is 61.3 Å². The first-order valence-corrected chi connectivity index (χ1v) is 16.9. The largest absolute Gasteiger partial charge is 0.446 e. The number of aromatic nitrogens is 3. The summed E-state index contributed by atoms with van der Waals surface area (Å²) in [5.74, 6) is -0.294. The molecule has 17 heteroatoms. The SMILES string of the molecule is Cc1ccc2c(N(N3CCOC3=O)[SH](=O)=O)c(F)ccc2c1Oc1ncccc1-c1ccnc(NC2CC(F)CN(C(=O)OC(C)(C)C)C2)n1. The molecular formula is C33H35F2N7O7S. The lowest BCUT2D eigenvalue weighted by atomic mass is 10.0. The van der Waals surface area contributed by atoms with Crippen molar-refractivity contribution in [1.29, 1.82) is 0 Å². The smallest absolute Gasteiger partial charge is 0.429 e. The fourth-order valence-electron chi connectivity index (χ4n) is 5.77. The van der Waals surface area contributed by atoms with Crippen molar-refractivity contribution in [3.05, 3.63) is 66.2 Å². The number of ether oxygens (including phenoxy) is 3. The lowest BCUT2D eigenvalue weighted by molar-refractivity contribution is 0.0124. The van der Waals surface area contributed by atoms with E-state index in [9.17, 15) is 22.4 Å². The van der Waals surface area contributed by atoms with Gasteiger partial charge in [0.1, 0.15) is 35.6 Å². The number of hydrazine groups is 1. The maximum absolute atomic E-state index is 15.4. The Morgan fingerprint density at radius 3 is 2.58 bits per heavy atom. The third-order valence-corrected chi connectivity index (χ3v) is 8.60. The van der Waals surface area contributed by atoms with Crippen LogP contribution in [-0.2, 0) is 20.4 Å². The minimum Gasteiger partial charge on any atom is -0.446 e. The molecule has 2 amide bonds. The van der Waals surface area contributed by atoms with Crippen LogP contribution in [0.5, 0.6) is 11.6 Å². The van der Waals surface area contributed by atoms with Crippen LogP contribution in [0.4, 0.5) is 30.0 Å². The third-order valence-electron chi connectivity index (χ3n) is 7.88. The second-order valence-corrected chi connectivity index (χ2v) is 13.6. The summed E-state index contributed by atoms with van der Waals surface area (Å²) in [6.45, 7) is 6.96. The maximum atomic E-state index is 15.4. The number of carbonyl (C=O) groups is 2. The summed E-state index contributed by atoms with van der Waals surface area (Å²) in [5.41, 5.74) is 0.410.